The number of nitrogens with zero attached hydrogens (tertiary/aromatic N) is 5. The average molecular weight is 2790 g/mol. The van der Waals surface area contributed by atoms with Crippen molar-refractivity contribution in [1.29, 1.82) is 0 Å². The van der Waals surface area contributed by atoms with Gasteiger partial charge in [-0.25, -0.2) is 0 Å². The molecule has 0 atom stereocenters. The molecule has 0 saturated heterocycles. The number of pyridine rings is 5. The Morgan fingerprint density at radius 2 is 0.514 bits per heavy atom. The molecule has 15 aromatic rings. The van der Waals surface area contributed by atoms with Crippen molar-refractivity contribution in [3.8, 4) is 56.3 Å². The fraction of sp³-hybridized carbons (Fsp3) is 0.262. The molecule has 0 bridgehead atoms. The van der Waals surface area contributed by atoms with Crippen LogP contribution in [0.3, 0.4) is 0 Å². The third kappa shape index (κ3) is 41.5. The number of fused-ring (bicyclic) bond motifs is 5. The maximum Gasteiger partial charge on any atom is 0.155 e. The molecule has 757 valence electrons. The van der Waals surface area contributed by atoms with Gasteiger partial charge in [-0.3, -0.25) is 48.9 Å². The van der Waals surface area contributed by atoms with Crippen LogP contribution in [0.5, 0.6) is 0 Å². The standard InChI is InChI=1S/2C20H20N.3C19H18N.5C5H8O2.5Ir/c1-12-6-8-17-14(3)11-20(21-19(17)10-12)18-9-7-13(2)15(4)16(18)5;1-12-6-7-17-15(4)11-20(21-19(17)10-12)18-9-13(2)8-14(3)16(18)5;1-12-5-8-17-15(4)11-18(20-19(17)9-12)16-7-6-13(2)14(3)10-16;1-12-5-7-16(14(3)9-12)19-11-15(4)17-8-6-13(2)10-18(17)20-19;1-12-5-6-17-15(4)11-18(20-19(17)10-12)16-8-13(2)7-14(3)9-16;5*1-4(6)3-5(2)7;;;;;/h2*6-8,10-11H,1-5H3;2*5-6,8-11H,1-4H3;5-8,10-11H,1-4H3;5*3,6H,1-2H3;;;;;/q5*-1;;;;;;;;;;. The average Bonchev–Trinajstić information content (AvgIpc) is 0.762. The summed E-state index contributed by atoms with van der Waals surface area (Å²) in [4.78, 5) is 74.3. The van der Waals surface area contributed by atoms with E-state index < -0.39 is 0 Å². The number of aryl methyl sites for hydroxylation is 19. The zero-order chi connectivity index (χ0) is 102. The molecule has 0 unspecified atom stereocenters. The van der Waals surface area contributed by atoms with Gasteiger partial charge in [0.1, 0.15) is 0 Å². The summed E-state index contributed by atoms with van der Waals surface area (Å²) in [5.74, 6) is -0.312. The third-order valence-corrected chi connectivity index (χ3v) is 21.8. The van der Waals surface area contributed by atoms with Gasteiger partial charge in [-0.15, -0.1) is 173 Å². The number of rotatable bonds is 10. The van der Waals surface area contributed by atoms with Crippen LogP contribution in [0.2, 0.25) is 0 Å². The molecule has 0 aliphatic rings. The molecule has 20 heteroatoms. The van der Waals surface area contributed by atoms with Gasteiger partial charge < -0.3 is 25.5 Å². The summed E-state index contributed by atoms with van der Waals surface area (Å²) in [5, 5.41) is 47.9. The number of benzene rings is 10. The van der Waals surface area contributed by atoms with E-state index in [9.17, 15) is 24.0 Å². The number of ketones is 5. The maximum absolute atomic E-state index is 10.0. The molecule has 5 N–H and O–H groups in total. The molecular formula is C122H134Ir5N5O10-5. The van der Waals surface area contributed by atoms with Gasteiger partial charge in [0, 0.05) is 158 Å². The SMILES string of the molecule is CC(=O)C=C(C)O.CC(=O)C=C(C)O.CC(=O)C=C(C)O.CC(=O)C=C(C)O.CC(=O)C=C(C)O.Cc1[c-]c(-c2cc(C)c3ccc(C)cc3n2)c(C)c(C)c1.Cc1[c-]c(-c2cc(C)c3ccc(C)cc3n2)cc(C)c1.Cc1c[c-]c(-c2cc(C)c3ccc(C)cc3n2)c(C)c1.Cc1ccc2c(C)cc(-c3[c-]cc(C)c(C)c3)nc2c1.Cc1ccc2c(C)cc(-c3[c-]cc(C)c(C)c3C)nc2c1.[Ir].[Ir].[Ir].[Ir].[Ir]. The van der Waals surface area contributed by atoms with Gasteiger partial charge in [-0.2, -0.15) is 0 Å². The Labute approximate surface area is 909 Å². The first-order valence-corrected chi connectivity index (χ1v) is 45.5. The second kappa shape index (κ2) is 60.9. The van der Waals surface area contributed by atoms with Crippen molar-refractivity contribution in [1.82, 2.24) is 24.9 Å². The van der Waals surface area contributed by atoms with Crippen LogP contribution in [0, 0.1) is 183 Å². The molecule has 0 spiro atoms. The first-order chi connectivity index (χ1) is 64.2. The normalized spacial score (nSPS) is 10.7. The van der Waals surface area contributed by atoms with Crippen molar-refractivity contribution in [2.45, 2.75) is 222 Å². The van der Waals surface area contributed by atoms with Crippen molar-refractivity contribution in [2.24, 2.45) is 0 Å². The molecule has 15 nitrogen and oxygen atoms in total. The number of carbonyl (C=O) groups is 5. The van der Waals surface area contributed by atoms with Gasteiger partial charge in [-0.05, 0) is 253 Å². The summed E-state index contributed by atoms with van der Waals surface area (Å²) >= 11 is 0. The van der Waals surface area contributed by atoms with Crippen LogP contribution in [0.25, 0.3) is 111 Å². The zero-order valence-electron chi connectivity index (χ0n) is 87.7. The number of aliphatic hydroxyl groups excluding tert-OH is 5. The van der Waals surface area contributed by atoms with E-state index in [0.29, 0.717) is 0 Å². The van der Waals surface area contributed by atoms with Crippen LogP contribution in [0.1, 0.15) is 192 Å². The first kappa shape index (κ1) is 129. The second-order valence-corrected chi connectivity index (χ2v) is 35.6. The van der Waals surface area contributed by atoms with E-state index in [1.54, 1.807) is 0 Å². The molecule has 0 aliphatic heterocycles. The molecule has 10 aromatic carbocycles. The van der Waals surface area contributed by atoms with Crippen LogP contribution in [-0.2, 0) is 124 Å². The number of carbonyl (C=O) groups excluding carboxylic acids is 5. The van der Waals surface area contributed by atoms with E-state index in [0.717, 1.165) is 95.0 Å². The van der Waals surface area contributed by atoms with Crippen LogP contribution < -0.4 is 0 Å². The number of aliphatic hydroxyl groups is 5. The van der Waals surface area contributed by atoms with Crippen LogP contribution in [0.4, 0.5) is 0 Å². The Morgan fingerprint density at radius 1 is 0.225 bits per heavy atom. The molecule has 5 radical (unpaired) electrons. The van der Waals surface area contributed by atoms with E-state index in [1.165, 1.54) is 238 Å². The first-order valence-electron chi connectivity index (χ1n) is 45.5. The quantitative estimate of drug-likeness (QED) is 0.0485. The Morgan fingerprint density at radius 3 is 0.817 bits per heavy atom. The fourth-order valence-electron chi connectivity index (χ4n) is 14.9. The van der Waals surface area contributed by atoms with Gasteiger partial charge in [0.15, 0.2) is 28.9 Å². The second-order valence-electron chi connectivity index (χ2n) is 35.6. The van der Waals surface area contributed by atoms with Crippen molar-refractivity contribution in [2.75, 3.05) is 0 Å². The molecule has 0 aliphatic carbocycles. The van der Waals surface area contributed by atoms with Gasteiger partial charge in [0.05, 0.1) is 56.4 Å². The van der Waals surface area contributed by atoms with Crippen molar-refractivity contribution < 1.29 is 150 Å². The van der Waals surface area contributed by atoms with Crippen LogP contribution in [-0.4, -0.2) is 79.4 Å². The zero-order valence-corrected chi connectivity index (χ0v) is 99.7. The van der Waals surface area contributed by atoms with Gasteiger partial charge in [0.2, 0.25) is 0 Å². The Kier molecular flexibility index (Phi) is 55.1. The number of hydrogen-bond donors (Lipinski definition) is 5. The summed E-state index contributed by atoms with van der Waals surface area (Å²) < 4.78 is 0. The van der Waals surface area contributed by atoms with Crippen LogP contribution >= 0.6 is 0 Å². The predicted octanol–water partition coefficient (Wildman–Crippen LogP) is 30.5. The fourth-order valence-corrected chi connectivity index (χ4v) is 14.9. The van der Waals surface area contributed by atoms with Crippen LogP contribution in [0.15, 0.2) is 229 Å². The summed E-state index contributed by atoms with van der Waals surface area (Å²) in [6.45, 7) is 61.0. The molecule has 142 heavy (non-hydrogen) atoms. The minimum atomic E-state index is -0.125. The smallest absolute Gasteiger partial charge is 0.155 e. The minimum Gasteiger partial charge on any atom is -0.512 e. The molecule has 5 aromatic heterocycles. The largest absolute Gasteiger partial charge is 0.512 e. The number of allylic oxidation sites excluding steroid dienone is 10. The third-order valence-electron chi connectivity index (χ3n) is 21.8. The summed E-state index contributed by atoms with van der Waals surface area (Å²) in [7, 11) is 0. The van der Waals surface area contributed by atoms with E-state index >= 15 is 0 Å². The molecule has 15 rings (SSSR count). The molecule has 0 fully saturated rings. The molecular weight excluding hydrogens is 2660 g/mol. The van der Waals surface area contributed by atoms with Crippen molar-refractivity contribution >= 4 is 83.4 Å². The Bertz CT molecular complexity index is 6960. The maximum atomic E-state index is 10.0. The summed E-state index contributed by atoms with van der Waals surface area (Å²) in [6, 6.07) is 77.0. The number of aromatic nitrogens is 5. The van der Waals surface area contributed by atoms with Crippen molar-refractivity contribution in [3.63, 3.8) is 0 Å². The van der Waals surface area contributed by atoms with Gasteiger partial charge >= 0.3 is 0 Å². The molecule has 5 heterocycles. The van der Waals surface area contributed by atoms with E-state index in [-0.39, 0.29) is 158 Å². The van der Waals surface area contributed by atoms with Crippen molar-refractivity contribution in [3.05, 3.63) is 382 Å². The van der Waals surface area contributed by atoms with Gasteiger partial charge in [-0.1, -0.05) is 174 Å². The molecule has 0 saturated carbocycles. The molecule has 0 amide bonds. The van der Waals surface area contributed by atoms with E-state index in [1.807, 2.05) is 12.1 Å². The monoisotopic (exact) mass is 2790 g/mol. The summed E-state index contributed by atoms with van der Waals surface area (Å²) in [6.07, 6.45) is 5.83. The van der Waals surface area contributed by atoms with E-state index in [2.05, 4.69) is 340 Å². The Balaban J connectivity index is 0.000000812. The number of hydrogen-bond acceptors (Lipinski definition) is 15. The topological polar surface area (TPSA) is 251 Å². The van der Waals surface area contributed by atoms with Gasteiger partial charge in [0.25, 0.3) is 0 Å². The predicted molar refractivity (Wildman–Crippen MR) is 570 cm³/mol. The van der Waals surface area contributed by atoms with E-state index in [4.69, 9.17) is 50.5 Å². The Hall–Kier alpha value is -11.5. The minimum absolute atomic E-state index is 0. The summed E-state index contributed by atoms with van der Waals surface area (Å²) in [5.41, 5.74) is 43.4.